The molecule has 0 heterocycles. The second kappa shape index (κ2) is 6.27. The number of hydrogen-bond acceptors (Lipinski definition) is 5. The van der Waals surface area contributed by atoms with Crippen molar-refractivity contribution in [3.63, 3.8) is 0 Å². The van der Waals surface area contributed by atoms with E-state index in [0.717, 1.165) is 0 Å². The van der Waals surface area contributed by atoms with Crippen molar-refractivity contribution >= 4 is 11.9 Å². The molecule has 0 amide bonds. The van der Waals surface area contributed by atoms with Crippen LogP contribution >= 0.6 is 0 Å². The van der Waals surface area contributed by atoms with E-state index in [-0.39, 0.29) is 18.7 Å². The summed E-state index contributed by atoms with van der Waals surface area (Å²) in [6.45, 7) is 7.09. The molecule has 0 aliphatic heterocycles. The van der Waals surface area contributed by atoms with E-state index >= 15 is 0 Å². The number of carbonyl (C=O) groups excluding carboxylic acids is 2. The topological polar surface area (TPSA) is 78.6 Å². The number of esters is 2. The first-order valence-corrected chi connectivity index (χ1v) is 5.12. The second-order valence-corrected chi connectivity index (χ2v) is 4.08. The van der Waals surface area contributed by atoms with Crippen LogP contribution < -0.4 is 5.73 Å². The van der Waals surface area contributed by atoms with Gasteiger partial charge in [-0.1, -0.05) is 0 Å². The highest BCUT2D eigenvalue weighted by atomic mass is 16.6. The molecule has 16 heavy (non-hydrogen) atoms. The highest BCUT2D eigenvalue weighted by Crippen LogP contribution is 2.11. The molecule has 0 saturated heterocycles. The van der Waals surface area contributed by atoms with Crippen molar-refractivity contribution in [3.8, 4) is 0 Å². The van der Waals surface area contributed by atoms with Crippen LogP contribution in [0.1, 0.15) is 27.7 Å². The maximum atomic E-state index is 11.6. The van der Waals surface area contributed by atoms with Crippen LogP contribution in [-0.2, 0) is 19.1 Å². The first kappa shape index (κ1) is 14.6. The Morgan fingerprint density at radius 3 is 2.19 bits per heavy atom. The maximum Gasteiger partial charge on any atom is 0.345 e. The summed E-state index contributed by atoms with van der Waals surface area (Å²) in [5.74, 6) is -1.42. The van der Waals surface area contributed by atoms with Gasteiger partial charge in [-0.15, -0.1) is 0 Å². The van der Waals surface area contributed by atoms with E-state index in [4.69, 9.17) is 15.2 Å². The lowest BCUT2D eigenvalue weighted by molar-refractivity contribution is -0.154. The van der Waals surface area contributed by atoms with Gasteiger partial charge < -0.3 is 15.2 Å². The minimum Gasteiger partial charge on any atom is -0.462 e. The van der Waals surface area contributed by atoms with Crippen molar-refractivity contribution in [2.45, 2.75) is 33.3 Å². The SMILES string of the molecule is CCOC(=O)C(=CCN)C(=O)OC(C)(C)C. The van der Waals surface area contributed by atoms with Gasteiger partial charge in [0, 0.05) is 6.54 Å². The Balaban J connectivity index is 4.74. The van der Waals surface area contributed by atoms with Gasteiger partial charge in [-0.2, -0.15) is 0 Å². The third-order valence-electron chi connectivity index (χ3n) is 1.44. The highest BCUT2D eigenvalue weighted by molar-refractivity contribution is 6.14. The van der Waals surface area contributed by atoms with E-state index in [2.05, 4.69) is 0 Å². The fraction of sp³-hybridized carbons (Fsp3) is 0.636. The summed E-state index contributed by atoms with van der Waals surface area (Å²) >= 11 is 0. The third kappa shape index (κ3) is 5.50. The molecule has 92 valence electrons. The zero-order valence-electron chi connectivity index (χ0n) is 10.2. The van der Waals surface area contributed by atoms with Crippen LogP contribution in [0.4, 0.5) is 0 Å². The van der Waals surface area contributed by atoms with E-state index in [1.54, 1.807) is 27.7 Å². The molecule has 0 aromatic carbocycles. The largest absolute Gasteiger partial charge is 0.462 e. The molecule has 0 spiro atoms. The van der Waals surface area contributed by atoms with Crippen LogP contribution in [0.25, 0.3) is 0 Å². The predicted octanol–water partition coefficient (Wildman–Crippen LogP) is 0.776. The highest BCUT2D eigenvalue weighted by Gasteiger charge is 2.25. The zero-order chi connectivity index (χ0) is 12.8. The fourth-order valence-corrected chi connectivity index (χ4v) is 0.910. The summed E-state index contributed by atoms with van der Waals surface area (Å²) in [6, 6.07) is 0. The molecular weight excluding hydrogens is 210 g/mol. The Bertz CT molecular complexity index is 289. The van der Waals surface area contributed by atoms with Gasteiger partial charge in [0.25, 0.3) is 0 Å². The molecule has 0 fully saturated rings. The standard InChI is InChI=1S/C11H19NO4/c1-5-15-9(13)8(6-7-12)10(14)16-11(2,3)4/h6H,5,7,12H2,1-4H3. The van der Waals surface area contributed by atoms with Gasteiger partial charge in [-0.25, -0.2) is 9.59 Å². The van der Waals surface area contributed by atoms with Gasteiger partial charge >= 0.3 is 11.9 Å². The summed E-state index contributed by atoms with van der Waals surface area (Å²) in [7, 11) is 0. The van der Waals surface area contributed by atoms with Gasteiger partial charge in [-0.3, -0.25) is 0 Å². The van der Waals surface area contributed by atoms with Crippen molar-refractivity contribution in [1.82, 2.24) is 0 Å². The lowest BCUT2D eigenvalue weighted by Gasteiger charge is -2.20. The van der Waals surface area contributed by atoms with Crippen LogP contribution in [0.15, 0.2) is 11.6 Å². The monoisotopic (exact) mass is 229 g/mol. The van der Waals surface area contributed by atoms with Crippen LogP contribution in [-0.4, -0.2) is 30.7 Å². The average molecular weight is 229 g/mol. The first-order valence-electron chi connectivity index (χ1n) is 5.12. The van der Waals surface area contributed by atoms with Crippen molar-refractivity contribution in [1.29, 1.82) is 0 Å². The molecule has 0 aromatic rings. The maximum absolute atomic E-state index is 11.6. The van der Waals surface area contributed by atoms with E-state index in [9.17, 15) is 9.59 Å². The molecule has 0 aliphatic rings. The quantitative estimate of drug-likeness (QED) is 0.333. The number of hydrogen-bond donors (Lipinski definition) is 1. The van der Waals surface area contributed by atoms with Crippen molar-refractivity contribution in [2.75, 3.05) is 13.2 Å². The third-order valence-corrected chi connectivity index (χ3v) is 1.44. The first-order chi connectivity index (χ1) is 7.31. The van der Waals surface area contributed by atoms with E-state index in [0.29, 0.717) is 0 Å². The summed E-state index contributed by atoms with van der Waals surface area (Å²) in [6.07, 6.45) is 1.30. The molecule has 0 radical (unpaired) electrons. The van der Waals surface area contributed by atoms with Crippen LogP contribution in [0, 0.1) is 0 Å². The molecule has 2 N–H and O–H groups in total. The minimum atomic E-state index is -0.712. The molecule has 5 heteroatoms. The lowest BCUT2D eigenvalue weighted by atomic mass is 10.2. The van der Waals surface area contributed by atoms with Crippen molar-refractivity contribution < 1.29 is 19.1 Å². The number of rotatable bonds is 4. The Kier molecular flexibility index (Phi) is 5.74. The Hall–Kier alpha value is -1.36. The lowest BCUT2D eigenvalue weighted by Crippen LogP contribution is -2.28. The van der Waals surface area contributed by atoms with Crippen molar-refractivity contribution in [2.24, 2.45) is 5.73 Å². The summed E-state index contributed by atoms with van der Waals surface area (Å²) in [4.78, 5) is 23.0. The van der Waals surface area contributed by atoms with E-state index in [1.807, 2.05) is 0 Å². The minimum absolute atomic E-state index is 0.0768. The number of carbonyl (C=O) groups is 2. The molecule has 0 aliphatic carbocycles. The Labute approximate surface area is 95.6 Å². The van der Waals surface area contributed by atoms with Crippen LogP contribution in [0.5, 0.6) is 0 Å². The van der Waals surface area contributed by atoms with Gasteiger partial charge in [0.1, 0.15) is 11.2 Å². The van der Waals surface area contributed by atoms with Gasteiger partial charge in [0.15, 0.2) is 0 Å². The van der Waals surface area contributed by atoms with Gasteiger partial charge in [0.2, 0.25) is 0 Å². The van der Waals surface area contributed by atoms with Crippen LogP contribution in [0.3, 0.4) is 0 Å². The van der Waals surface area contributed by atoms with Gasteiger partial charge in [-0.05, 0) is 33.8 Å². The van der Waals surface area contributed by atoms with Crippen molar-refractivity contribution in [3.05, 3.63) is 11.6 Å². The summed E-state index contributed by atoms with van der Waals surface area (Å²) < 4.78 is 9.78. The molecule has 0 bridgehead atoms. The second-order valence-electron chi connectivity index (χ2n) is 4.08. The number of nitrogens with two attached hydrogens (primary N) is 1. The molecule has 0 unspecified atom stereocenters. The van der Waals surface area contributed by atoms with Gasteiger partial charge in [0.05, 0.1) is 6.61 Å². The fourth-order valence-electron chi connectivity index (χ4n) is 0.910. The average Bonchev–Trinajstić information content (AvgIpc) is 2.11. The normalized spacial score (nSPS) is 12.2. The predicted molar refractivity (Wildman–Crippen MR) is 59.6 cm³/mol. The molecule has 0 aromatic heterocycles. The molecular formula is C11H19NO4. The Morgan fingerprint density at radius 2 is 1.81 bits per heavy atom. The zero-order valence-corrected chi connectivity index (χ0v) is 10.2. The molecule has 0 atom stereocenters. The molecule has 0 saturated carbocycles. The Morgan fingerprint density at radius 1 is 1.25 bits per heavy atom. The van der Waals surface area contributed by atoms with E-state index in [1.165, 1.54) is 6.08 Å². The van der Waals surface area contributed by atoms with E-state index < -0.39 is 17.5 Å². The smallest absolute Gasteiger partial charge is 0.345 e. The number of ether oxygens (including phenoxy) is 2. The molecule has 5 nitrogen and oxygen atoms in total. The molecule has 0 rings (SSSR count). The van der Waals surface area contributed by atoms with Crippen LogP contribution in [0.2, 0.25) is 0 Å². The summed E-state index contributed by atoms with van der Waals surface area (Å²) in [5, 5.41) is 0. The summed E-state index contributed by atoms with van der Waals surface area (Å²) in [5.41, 5.74) is 4.46.